The molecular weight excluding hydrogens is 410 g/mol. The second-order valence-corrected chi connectivity index (χ2v) is 15.3. The zero-order valence-electron chi connectivity index (χ0n) is 20.2. The molecule has 31 heavy (non-hydrogen) atoms. The number of nitrogens with zero attached hydrogens (tertiary/aromatic N) is 1. The zero-order chi connectivity index (χ0) is 23.4. The van der Waals surface area contributed by atoms with Crippen molar-refractivity contribution in [3.05, 3.63) is 48.0 Å². The number of aliphatic hydroxyl groups is 1. The molecule has 1 N–H and O–H groups in total. The van der Waals surface area contributed by atoms with E-state index in [2.05, 4.69) is 33.9 Å². The van der Waals surface area contributed by atoms with Crippen LogP contribution in [0.4, 0.5) is 4.79 Å². The summed E-state index contributed by atoms with van der Waals surface area (Å²) in [5, 5.41) is 10.9. The summed E-state index contributed by atoms with van der Waals surface area (Å²) in [6.45, 7) is 17.1. The number of carbonyl (C=O) groups excluding carboxylic acids is 1. The van der Waals surface area contributed by atoms with Gasteiger partial charge < -0.3 is 19.0 Å². The Morgan fingerprint density at radius 3 is 2.39 bits per heavy atom. The minimum atomic E-state index is -1.87. The van der Waals surface area contributed by atoms with E-state index in [1.165, 1.54) is 4.90 Å². The van der Waals surface area contributed by atoms with Crippen molar-refractivity contribution in [2.75, 3.05) is 13.2 Å². The Morgan fingerprint density at radius 2 is 1.84 bits per heavy atom. The number of carbonyl (C=O) groups is 1. The molecule has 1 aliphatic heterocycles. The van der Waals surface area contributed by atoms with Crippen molar-refractivity contribution < 1.29 is 23.8 Å². The Labute approximate surface area is 188 Å². The highest BCUT2D eigenvalue weighted by atomic mass is 28.4. The van der Waals surface area contributed by atoms with Crippen LogP contribution in [0.1, 0.15) is 53.1 Å². The number of amides is 1. The van der Waals surface area contributed by atoms with Crippen LogP contribution in [0.15, 0.2) is 42.5 Å². The molecule has 1 amide bonds. The molecule has 0 bridgehead atoms. The van der Waals surface area contributed by atoms with Gasteiger partial charge in [0.15, 0.2) is 14.5 Å². The molecule has 1 aromatic rings. The maximum atomic E-state index is 13.0. The Balaban J connectivity index is 2.14. The van der Waals surface area contributed by atoms with Crippen LogP contribution in [0.25, 0.3) is 0 Å². The molecular formula is C24H39NO5Si. The lowest BCUT2D eigenvalue weighted by molar-refractivity contribution is -0.0549. The van der Waals surface area contributed by atoms with Crippen molar-refractivity contribution >= 4 is 14.4 Å². The Bertz CT molecular complexity index is 751. The number of rotatable bonds is 6. The smallest absolute Gasteiger partial charge is 0.413 e. The van der Waals surface area contributed by atoms with E-state index in [0.29, 0.717) is 13.2 Å². The van der Waals surface area contributed by atoms with Crippen molar-refractivity contribution in [1.29, 1.82) is 0 Å². The average molecular weight is 450 g/mol. The van der Waals surface area contributed by atoms with Gasteiger partial charge in [0.1, 0.15) is 11.7 Å². The van der Waals surface area contributed by atoms with Gasteiger partial charge in [-0.3, -0.25) is 4.90 Å². The van der Waals surface area contributed by atoms with E-state index in [4.69, 9.17) is 13.9 Å². The van der Waals surface area contributed by atoms with Crippen LogP contribution < -0.4 is 0 Å². The topological polar surface area (TPSA) is 68.2 Å². The van der Waals surface area contributed by atoms with E-state index in [0.717, 1.165) is 5.56 Å². The third-order valence-corrected chi connectivity index (χ3v) is 10.3. The van der Waals surface area contributed by atoms with Crippen LogP contribution in [-0.2, 0) is 13.9 Å². The van der Waals surface area contributed by atoms with E-state index in [9.17, 15) is 9.90 Å². The van der Waals surface area contributed by atoms with Crippen LogP contribution in [0.5, 0.6) is 0 Å². The van der Waals surface area contributed by atoms with Crippen LogP contribution in [-0.4, -0.2) is 55.6 Å². The fraction of sp³-hybridized carbons (Fsp3) is 0.625. The van der Waals surface area contributed by atoms with Crippen molar-refractivity contribution in [2.45, 2.75) is 83.6 Å². The highest BCUT2D eigenvalue weighted by Crippen LogP contribution is 2.36. The minimum Gasteiger partial charge on any atom is -0.444 e. The van der Waals surface area contributed by atoms with E-state index >= 15 is 0 Å². The maximum absolute atomic E-state index is 13.0. The van der Waals surface area contributed by atoms with Gasteiger partial charge in [-0.1, -0.05) is 63.3 Å². The second-order valence-electron chi connectivity index (χ2n) is 10.5. The van der Waals surface area contributed by atoms with Gasteiger partial charge in [0.05, 0.1) is 19.3 Å². The maximum Gasteiger partial charge on any atom is 0.413 e. The molecule has 0 aromatic heterocycles. The fourth-order valence-electron chi connectivity index (χ4n) is 3.03. The van der Waals surface area contributed by atoms with Gasteiger partial charge in [-0.05, 0) is 44.5 Å². The molecule has 1 heterocycles. The summed E-state index contributed by atoms with van der Waals surface area (Å²) in [5.41, 5.74) is 0.289. The van der Waals surface area contributed by atoms with Crippen LogP contribution in [0.3, 0.4) is 0 Å². The standard InChI is InChI=1S/C24H39NO5Si/c1-23(2,3)30-22(27)25-19(18-13-10-9-11-14-18)17-28-21(25)20(26)15-12-16-29-31(7,8)24(4,5)6/h9-15,19-21,26H,16-17H2,1-8H3/b15-12-/t19-,20?,21+/m0/s1. The molecule has 6 nitrogen and oxygen atoms in total. The Kier molecular flexibility index (Phi) is 8.14. The number of aliphatic hydroxyl groups excluding tert-OH is 1. The summed E-state index contributed by atoms with van der Waals surface area (Å²) in [7, 11) is -1.87. The molecule has 0 spiro atoms. The molecule has 0 aliphatic carbocycles. The number of ether oxygens (including phenoxy) is 2. The first kappa shape index (κ1) is 25.6. The lowest BCUT2D eigenvalue weighted by Crippen LogP contribution is -2.46. The molecule has 7 heteroatoms. The van der Waals surface area contributed by atoms with Crippen molar-refractivity contribution in [1.82, 2.24) is 4.90 Å². The molecule has 1 aromatic carbocycles. The molecule has 0 radical (unpaired) electrons. The van der Waals surface area contributed by atoms with E-state index < -0.39 is 32.3 Å². The van der Waals surface area contributed by atoms with Crippen LogP contribution >= 0.6 is 0 Å². The van der Waals surface area contributed by atoms with Gasteiger partial charge in [0, 0.05) is 0 Å². The molecule has 1 unspecified atom stereocenters. The number of hydrogen-bond donors (Lipinski definition) is 1. The molecule has 1 fully saturated rings. The first-order chi connectivity index (χ1) is 14.2. The highest BCUT2D eigenvalue weighted by molar-refractivity contribution is 6.74. The zero-order valence-corrected chi connectivity index (χ0v) is 21.2. The van der Waals surface area contributed by atoms with Gasteiger partial charge in [-0.15, -0.1) is 0 Å². The van der Waals surface area contributed by atoms with E-state index in [1.54, 1.807) is 12.2 Å². The largest absolute Gasteiger partial charge is 0.444 e. The third kappa shape index (κ3) is 6.90. The van der Waals surface area contributed by atoms with Crippen LogP contribution in [0, 0.1) is 0 Å². The number of hydrogen-bond acceptors (Lipinski definition) is 5. The summed E-state index contributed by atoms with van der Waals surface area (Å²) >= 11 is 0. The Morgan fingerprint density at radius 1 is 1.23 bits per heavy atom. The summed E-state index contributed by atoms with van der Waals surface area (Å²) < 4.78 is 17.6. The summed E-state index contributed by atoms with van der Waals surface area (Å²) in [6, 6.07) is 9.34. The minimum absolute atomic E-state index is 0.116. The van der Waals surface area contributed by atoms with E-state index in [1.807, 2.05) is 51.1 Å². The fourth-order valence-corrected chi connectivity index (χ4v) is 3.98. The summed E-state index contributed by atoms with van der Waals surface area (Å²) in [6.07, 6.45) is 1.11. The molecule has 3 atom stereocenters. The van der Waals surface area contributed by atoms with Gasteiger partial charge in [-0.25, -0.2) is 4.79 Å². The number of benzene rings is 1. The van der Waals surface area contributed by atoms with Gasteiger partial charge in [-0.2, -0.15) is 0 Å². The Hall–Kier alpha value is -1.67. The average Bonchev–Trinajstić information content (AvgIpc) is 3.09. The molecule has 1 saturated heterocycles. The normalized spacial score (nSPS) is 21.5. The van der Waals surface area contributed by atoms with Crippen molar-refractivity contribution in [2.24, 2.45) is 0 Å². The van der Waals surface area contributed by atoms with Crippen LogP contribution in [0.2, 0.25) is 18.1 Å². The SMILES string of the molecule is CC(C)(C)OC(=O)N1[C@@H](C(O)/C=C\CO[Si](C)(C)C(C)(C)C)OC[C@H]1c1ccccc1. The third-order valence-electron chi connectivity index (χ3n) is 5.80. The first-order valence-electron chi connectivity index (χ1n) is 10.9. The van der Waals surface area contributed by atoms with Crippen molar-refractivity contribution in [3.8, 4) is 0 Å². The lowest BCUT2D eigenvalue weighted by Gasteiger charge is -2.35. The summed E-state index contributed by atoms with van der Waals surface area (Å²) in [5.74, 6) is 0. The predicted octanol–water partition coefficient (Wildman–Crippen LogP) is 5.26. The van der Waals surface area contributed by atoms with Gasteiger partial charge >= 0.3 is 6.09 Å². The molecule has 174 valence electrons. The predicted molar refractivity (Wildman–Crippen MR) is 125 cm³/mol. The second kappa shape index (κ2) is 9.86. The lowest BCUT2D eigenvalue weighted by atomic mass is 10.1. The molecule has 1 aliphatic rings. The monoisotopic (exact) mass is 449 g/mol. The van der Waals surface area contributed by atoms with Gasteiger partial charge in [0.2, 0.25) is 0 Å². The molecule has 2 rings (SSSR count). The van der Waals surface area contributed by atoms with E-state index in [-0.39, 0.29) is 11.1 Å². The quantitative estimate of drug-likeness (QED) is 0.474. The highest BCUT2D eigenvalue weighted by Gasteiger charge is 2.44. The van der Waals surface area contributed by atoms with Gasteiger partial charge in [0.25, 0.3) is 0 Å². The molecule has 0 saturated carbocycles. The first-order valence-corrected chi connectivity index (χ1v) is 13.8. The van der Waals surface area contributed by atoms with Crippen molar-refractivity contribution in [3.63, 3.8) is 0 Å². The summed E-state index contributed by atoms with van der Waals surface area (Å²) in [4.78, 5) is 14.5.